The SMILES string of the molecule is CO/C=C1\CCCCC1CCC/C=C/C[Si](C)(C)C. The fourth-order valence-electron chi connectivity index (χ4n) is 2.78. The second-order valence-electron chi connectivity index (χ2n) is 7.04. The molecule has 0 aromatic heterocycles. The second kappa shape index (κ2) is 8.62. The number of allylic oxidation sites excluding steroid dienone is 3. The van der Waals surface area contributed by atoms with Gasteiger partial charge in [-0.05, 0) is 56.1 Å². The molecule has 0 amide bonds. The third kappa shape index (κ3) is 7.61. The highest BCUT2D eigenvalue weighted by Gasteiger charge is 2.18. The van der Waals surface area contributed by atoms with Crippen molar-refractivity contribution in [1.29, 1.82) is 0 Å². The van der Waals surface area contributed by atoms with Crippen molar-refractivity contribution in [3.63, 3.8) is 0 Å². The van der Waals surface area contributed by atoms with Crippen molar-refractivity contribution >= 4 is 8.07 Å². The van der Waals surface area contributed by atoms with Crippen molar-refractivity contribution in [2.45, 2.75) is 70.6 Å². The van der Waals surface area contributed by atoms with E-state index in [-0.39, 0.29) is 0 Å². The Balaban J connectivity index is 2.22. The maximum absolute atomic E-state index is 5.22. The largest absolute Gasteiger partial charge is 0.504 e. The van der Waals surface area contributed by atoms with Crippen LogP contribution in [0.5, 0.6) is 0 Å². The first-order valence-corrected chi connectivity index (χ1v) is 11.6. The molecule has 1 atom stereocenters. The molecule has 0 saturated heterocycles. The molecule has 2 heteroatoms. The van der Waals surface area contributed by atoms with Crippen LogP contribution in [0.4, 0.5) is 0 Å². The molecular formula is C17H32OSi. The number of methoxy groups -OCH3 is 1. The van der Waals surface area contributed by atoms with Gasteiger partial charge in [0.2, 0.25) is 0 Å². The molecule has 0 radical (unpaired) electrons. The average Bonchev–Trinajstić information content (AvgIpc) is 2.34. The molecule has 1 saturated carbocycles. The predicted molar refractivity (Wildman–Crippen MR) is 88.2 cm³/mol. The van der Waals surface area contributed by atoms with Crippen LogP contribution in [0.15, 0.2) is 24.0 Å². The van der Waals surface area contributed by atoms with Gasteiger partial charge in [0.1, 0.15) is 0 Å². The van der Waals surface area contributed by atoms with Crippen LogP contribution in [0.3, 0.4) is 0 Å². The van der Waals surface area contributed by atoms with Gasteiger partial charge in [-0.15, -0.1) is 0 Å². The summed E-state index contributed by atoms with van der Waals surface area (Å²) in [4.78, 5) is 0. The third-order valence-corrected chi connectivity index (χ3v) is 5.34. The van der Waals surface area contributed by atoms with E-state index in [0.717, 1.165) is 5.92 Å². The molecule has 0 aliphatic heterocycles. The molecular weight excluding hydrogens is 248 g/mol. The third-order valence-electron chi connectivity index (χ3n) is 3.88. The zero-order valence-electron chi connectivity index (χ0n) is 13.4. The number of rotatable bonds is 7. The maximum atomic E-state index is 5.22. The van der Waals surface area contributed by atoms with E-state index in [0.29, 0.717) is 0 Å². The molecule has 1 fully saturated rings. The van der Waals surface area contributed by atoms with Crippen molar-refractivity contribution in [1.82, 2.24) is 0 Å². The summed E-state index contributed by atoms with van der Waals surface area (Å²) in [6, 6.07) is 1.32. The molecule has 0 aromatic carbocycles. The summed E-state index contributed by atoms with van der Waals surface area (Å²) in [5.74, 6) is 0.791. The van der Waals surface area contributed by atoms with Gasteiger partial charge in [0, 0.05) is 8.07 Å². The van der Waals surface area contributed by atoms with E-state index in [4.69, 9.17) is 4.74 Å². The summed E-state index contributed by atoms with van der Waals surface area (Å²) in [6.07, 6.45) is 16.1. The molecule has 1 unspecified atom stereocenters. The zero-order valence-corrected chi connectivity index (χ0v) is 14.4. The second-order valence-corrected chi connectivity index (χ2v) is 12.6. The van der Waals surface area contributed by atoms with Crippen molar-refractivity contribution in [3.05, 3.63) is 24.0 Å². The normalized spacial score (nSPS) is 23.2. The lowest BCUT2D eigenvalue weighted by Crippen LogP contribution is -2.17. The van der Waals surface area contributed by atoms with E-state index in [1.54, 1.807) is 12.7 Å². The standard InChI is InChI=1S/C17H32OSi/c1-18-15-17-13-9-8-12-16(17)11-7-5-6-10-14-19(2,3)4/h6,10,15-16H,5,7-9,11-14H2,1-4H3/b10-6+,17-15+. The van der Waals surface area contributed by atoms with E-state index in [9.17, 15) is 0 Å². The van der Waals surface area contributed by atoms with Crippen molar-refractivity contribution < 1.29 is 4.74 Å². The van der Waals surface area contributed by atoms with Gasteiger partial charge in [0.05, 0.1) is 13.4 Å². The van der Waals surface area contributed by atoms with E-state index < -0.39 is 8.07 Å². The van der Waals surface area contributed by atoms with Gasteiger partial charge in [-0.3, -0.25) is 0 Å². The Hall–Kier alpha value is -0.503. The predicted octanol–water partition coefficient (Wildman–Crippen LogP) is 5.77. The fourth-order valence-corrected chi connectivity index (χ4v) is 3.66. The van der Waals surface area contributed by atoms with Gasteiger partial charge in [0.25, 0.3) is 0 Å². The van der Waals surface area contributed by atoms with Crippen molar-refractivity contribution in [2.24, 2.45) is 5.92 Å². The monoisotopic (exact) mass is 280 g/mol. The first-order chi connectivity index (χ1) is 9.03. The van der Waals surface area contributed by atoms with Crippen LogP contribution in [0.25, 0.3) is 0 Å². The highest BCUT2D eigenvalue weighted by Crippen LogP contribution is 2.32. The summed E-state index contributed by atoms with van der Waals surface area (Å²) in [5.41, 5.74) is 1.56. The highest BCUT2D eigenvalue weighted by molar-refractivity contribution is 6.76. The summed E-state index contributed by atoms with van der Waals surface area (Å²) in [6.45, 7) is 7.30. The van der Waals surface area contributed by atoms with Gasteiger partial charge < -0.3 is 4.74 Å². The van der Waals surface area contributed by atoms with E-state index in [1.165, 1.54) is 51.0 Å². The minimum absolute atomic E-state index is 0.791. The van der Waals surface area contributed by atoms with Gasteiger partial charge in [-0.2, -0.15) is 0 Å². The zero-order chi connectivity index (χ0) is 14.1. The molecule has 1 aliphatic rings. The van der Waals surface area contributed by atoms with Crippen molar-refractivity contribution in [3.8, 4) is 0 Å². The molecule has 0 N–H and O–H groups in total. The Morgan fingerprint density at radius 3 is 2.68 bits per heavy atom. The maximum Gasteiger partial charge on any atom is 0.0819 e. The van der Waals surface area contributed by atoms with Crippen LogP contribution in [-0.2, 0) is 4.74 Å². The summed E-state index contributed by atoms with van der Waals surface area (Å²) >= 11 is 0. The Bertz CT molecular complexity index is 299. The van der Waals surface area contributed by atoms with Gasteiger partial charge in [0.15, 0.2) is 0 Å². The fraction of sp³-hybridized carbons (Fsp3) is 0.765. The minimum Gasteiger partial charge on any atom is -0.504 e. The number of ether oxygens (including phenoxy) is 1. The average molecular weight is 281 g/mol. The van der Waals surface area contributed by atoms with E-state index in [2.05, 4.69) is 31.8 Å². The number of hydrogen-bond acceptors (Lipinski definition) is 1. The van der Waals surface area contributed by atoms with Crippen LogP contribution in [0.2, 0.25) is 25.7 Å². The molecule has 19 heavy (non-hydrogen) atoms. The molecule has 1 aliphatic carbocycles. The van der Waals surface area contributed by atoms with Crippen molar-refractivity contribution in [2.75, 3.05) is 7.11 Å². The smallest absolute Gasteiger partial charge is 0.0819 e. The topological polar surface area (TPSA) is 9.23 Å². The molecule has 0 heterocycles. The number of hydrogen-bond donors (Lipinski definition) is 0. The molecule has 0 bridgehead atoms. The first-order valence-electron chi connectivity index (χ1n) is 7.89. The lowest BCUT2D eigenvalue weighted by atomic mass is 9.82. The Kier molecular flexibility index (Phi) is 7.51. The lowest BCUT2D eigenvalue weighted by Gasteiger charge is -2.24. The number of unbranched alkanes of at least 4 members (excludes halogenated alkanes) is 1. The Morgan fingerprint density at radius 2 is 2.00 bits per heavy atom. The Labute approximate surface area is 121 Å². The van der Waals surface area contributed by atoms with Gasteiger partial charge in [-0.25, -0.2) is 0 Å². The molecule has 0 aromatic rings. The summed E-state index contributed by atoms with van der Waals surface area (Å²) in [7, 11) is 0.892. The lowest BCUT2D eigenvalue weighted by molar-refractivity contribution is 0.313. The molecule has 1 rings (SSSR count). The quantitative estimate of drug-likeness (QED) is 0.249. The molecule has 1 nitrogen and oxygen atoms in total. The molecule has 110 valence electrons. The summed E-state index contributed by atoms with van der Waals surface area (Å²) in [5, 5.41) is 0. The highest BCUT2D eigenvalue weighted by atomic mass is 28.3. The minimum atomic E-state index is -0.884. The van der Waals surface area contributed by atoms with E-state index in [1.807, 2.05) is 6.26 Å². The van der Waals surface area contributed by atoms with Crippen LogP contribution in [0.1, 0.15) is 44.9 Å². The van der Waals surface area contributed by atoms with Crippen LogP contribution in [-0.4, -0.2) is 15.2 Å². The van der Waals surface area contributed by atoms with Gasteiger partial charge >= 0.3 is 0 Å². The van der Waals surface area contributed by atoms with Gasteiger partial charge in [-0.1, -0.05) is 38.2 Å². The Morgan fingerprint density at radius 1 is 1.21 bits per heavy atom. The van der Waals surface area contributed by atoms with Crippen LogP contribution >= 0.6 is 0 Å². The molecule has 0 spiro atoms. The first kappa shape index (κ1) is 16.6. The van der Waals surface area contributed by atoms with Crippen LogP contribution in [0, 0.1) is 5.92 Å². The van der Waals surface area contributed by atoms with Crippen LogP contribution < -0.4 is 0 Å². The van der Waals surface area contributed by atoms with E-state index >= 15 is 0 Å². The summed E-state index contributed by atoms with van der Waals surface area (Å²) < 4.78 is 5.22.